The molecule has 1 saturated carbocycles. The van der Waals surface area contributed by atoms with Crippen molar-refractivity contribution in [1.82, 2.24) is 10.1 Å². The number of hydrogen-bond donors (Lipinski definition) is 1. The summed E-state index contributed by atoms with van der Waals surface area (Å²) in [4.78, 5) is 14.6. The van der Waals surface area contributed by atoms with Crippen LogP contribution in [0.25, 0.3) is 0 Å². The quantitative estimate of drug-likeness (QED) is 0.797. The molecule has 0 aromatic carbocycles. The van der Waals surface area contributed by atoms with Gasteiger partial charge in [-0.15, -0.1) is 0 Å². The van der Waals surface area contributed by atoms with Gasteiger partial charge in [-0.25, -0.2) is 0 Å². The van der Waals surface area contributed by atoms with Gasteiger partial charge in [-0.1, -0.05) is 12.1 Å². The van der Waals surface area contributed by atoms with Crippen molar-refractivity contribution in [3.8, 4) is 0 Å². The molecular formula is C10H14N2O3. The fourth-order valence-corrected chi connectivity index (χ4v) is 1.40. The van der Waals surface area contributed by atoms with Gasteiger partial charge in [0.05, 0.1) is 0 Å². The van der Waals surface area contributed by atoms with Crippen molar-refractivity contribution < 1.29 is 14.4 Å². The Morgan fingerprint density at radius 3 is 2.93 bits per heavy atom. The lowest BCUT2D eigenvalue weighted by Crippen LogP contribution is -2.02. The number of carboxylic acid groups (broad SMARTS) is 1. The third kappa shape index (κ3) is 2.34. The van der Waals surface area contributed by atoms with E-state index in [1.54, 1.807) is 0 Å². The van der Waals surface area contributed by atoms with E-state index in [-0.39, 0.29) is 11.8 Å². The maximum absolute atomic E-state index is 10.3. The molecule has 0 radical (unpaired) electrons. The molecule has 5 nitrogen and oxygen atoms in total. The van der Waals surface area contributed by atoms with Gasteiger partial charge in [-0.3, -0.25) is 4.79 Å². The second kappa shape index (κ2) is 3.64. The van der Waals surface area contributed by atoms with E-state index in [1.165, 1.54) is 0 Å². The van der Waals surface area contributed by atoms with Crippen LogP contribution in [-0.4, -0.2) is 21.2 Å². The third-order valence-corrected chi connectivity index (χ3v) is 2.79. The predicted octanol–water partition coefficient (Wildman–Crippen LogP) is 1.53. The van der Waals surface area contributed by atoms with Gasteiger partial charge in [-0.2, -0.15) is 4.98 Å². The first kappa shape index (κ1) is 10.1. The first-order valence-electron chi connectivity index (χ1n) is 5.15. The molecule has 5 heteroatoms. The molecule has 1 fully saturated rings. The summed E-state index contributed by atoms with van der Waals surface area (Å²) in [7, 11) is 0. The van der Waals surface area contributed by atoms with Gasteiger partial charge in [0.1, 0.15) is 0 Å². The van der Waals surface area contributed by atoms with Gasteiger partial charge in [0.2, 0.25) is 5.89 Å². The number of aryl methyl sites for hydroxylation is 1. The van der Waals surface area contributed by atoms with E-state index in [2.05, 4.69) is 17.1 Å². The van der Waals surface area contributed by atoms with Crippen molar-refractivity contribution in [2.75, 3.05) is 0 Å². The van der Waals surface area contributed by atoms with Crippen LogP contribution in [0.3, 0.4) is 0 Å². The van der Waals surface area contributed by atoms with E-state index in [0.717, 1.165) is 18.7 Å². The fourth-order valence-electron chi connectivity index (χ4n) is 1.40. The Morgan fingerprint density at radius 2 is 2.33 bits per heavy atom. The highest BCUT2D eigenvalue weighted by Gasteiger charge is 2.43. The van der Waals surface area contributed by atoms with Gasteiger partial charge in [0, 0.05) is 18.3 Å². The van der Waals surface area contributed by atoms with Crippen LogP contribution in [0.2, 0.25) is 0 Å². The molecule has 0 aliphatic heterocycles. The molecule has 2 rings (SSSR count). The third-order valence-electron chi connectivity index (χ3n) is 2.79. The number of aliphatic carboxylic acids is 1. The topological polar surface area (TPSA) is 76.2 Å². The summed E-state index contributed by atoms with van der Waals surface area (Å²) < 4.78 is 5.06. The normalized spacial score (nSPS) is 17.7. The first-order valence-corrected chi connectivity index (χ1v) is 5.15. The zero-order chi connectivity index (χ0) is 10.9. The highest BCUT2D eigenvalue weighted by atomic mass is 16.5. The molecule has 1 aromatic rings. The van der Waals surface area contributed by atoms with Crippen LogP contribution in [0.1, 0.15) is 44.3 Å². The Bertz CT molecular complexity index is 368. The van der Waals surface area contributed by atoms with Crippen LogP contribution in [-0.2, 0) is 16.6 Å². The SMILES string of the molecule is CC1(c2noc(CCCC(=O)O)n2)CC1. The number of nitrogens with zero attached hydrogens (tertiary/aromatic N) is 2. The average molecular weight is 210 g/mol. The second-order valence-electron chi connectivity index (χ2n) is 4.32. The van der Waals surface area contributed by atoms with Crippen molar-refractivity contribution in [3.63, 3.8) is 0 Å². The summed E-state index contributed by atoms with van der Waals surface area (Å²) >= 11 is 0. The number of carbonyl (C=O) groups is 1. The number of aromatic nitrogens is 2. The zero-order valence-corrected chi connectivity index (χ0v) is 8.69. The summed E-state index contributed by atoms with van der Waals surface area (Å²) in [6.45, 7) is 2.11. The van der Waals surface area contributed by atoms with Gasteiger partial charge in [-0.05, 0) is 19.3 Å². The van der Waals surface area contributed by atoms with Crippen molar-refractivity contribution in [1.29, 1.82) is 0 Å². The molecule has 0 atom stereocenters. The van der Waals surface area contributed by atoms with Crippen LogP contribution < -0.4 is 0 Å². The summed E-state index contributed by atoms with van der Waals surface area (Å²) in [5.41, 5.74) is 0.120. The maximum atomic E-state index is 10.3. The van der Waals surface area contributed by atoms with Crippen LogP contribution in [0, 0.1) is 0 Å². The standard InChI is InChI=1S/C10H14N2O3/c1-10(5-6-10)9-11-7(15-12-9)3-2-4-8(13)14/h2-6H2,1H3,(H,13,14). The second-order valence-corrected chi connectivity index (χ2v) is 4.32. The number of rotatable bonds is 5. The lowest BCUT2D eigenvalue weighted by atomic mass is 10.1. The Balaban J connectivity index is 1.87. The van der Waals surface area contributed by atoms with Gasteiger partial charge < -0.3 is 9.63 Å². The highest BCUT2D eigenvalue weighted by molar-refractivity contribution is 5.66. The van der Waals surface area contributed by atoms with Gasteiger partial charge in [0.15, 0.2) is 5.82 Å². The zero-order valence-electron chi connectivity index (χ0n) is 8.69. The Labute approximate surface area is 87.5 Å². The molecule has 1 aliphatic rings. The van der Waals surface area contributed by atoms with Crippen molar-refractivity contribution in [2.45, 2.75) is 44.4 Å². The molecule has 15 heavy (non-hydrogen) atoms. The Kier molecular flexibility index (Phi) is 2.46. The summed E-state index contributed by atoms with van der Waals surface area (Å²) in [6.07, 6.45) is 3.47. The molecule has 1 heterocycles. The fraction of sp³-hybridized carbons (Fsp3) is 0.700. The maximum Gasteiger partial charge on any atom is 0.303 e. The molecular weight excluding hydrogens is 196 g/mol. The number of carboxylic acids is 1. The smallest absolute Gasteiger partial charge is 0.303 e. The van der Waals surface area contributed by atoms with E-state index >= 15 is 0 Å². The molecule has 1 N–H and O–H groups in total. The van der Waals surface area contributed by atoms with Crippen LogP contribution in [0.5, 0.6) is 0 Å². The molecule has 1 aliphatic carbocycles. The average Bonchev–Trinajstić information content (AvgIpc) is 2.76. The van der Waals surface area contributed by atoms with Crippen LogP contribution in [0.4, 0.5) is 0 Å². The summed E-state index contributed by atoms with van der Waals surface area (Å²) in [5, 5.41) is 12.4. The van der Waals surface area contributed by atoms with Gasteiger partial charge in [0.25, 0.3) is 0 Å². The minimum atomic E-state index is -0.788. The summed E-state index contributed by atoms with van der Waals surface area (Å²) in [5.74, 6) is 0.538. The minimum Gasteiger partial charge on any atom is -0.481 e. The summed E-state index contributed by atoms with van der Waals surface area (Å²) in [6, 6.07) is 0. The molecule has 82 valence electrons. The Morgan fingerprint density at radius 1 is 1.60 bits per heavy atom. The molecule has 0 bridgehead atoms. The van der Waals surface area contributed by atoms with E-state index < -0.39 is 5.97 Å². The first-order chi connectivity index (χ1) is 7.10. The molecule has 1 aromatic heterocycles. The van der Waals surface area contributed by atoms with E-state index in [9.17, 15) is 4.79 Å². The monoisotopic (exact) mass is 210 g/mol. The van der Waals surface area contributed by atoms with E-state index in [0.29, 0.717) is 18.7 Å². The highest BCUT2D eigenvalue weighted by Crippen LogP contribution is 2.45. The lowest BCUT2D eigenvalue weighted by molar-refractivity contribution is -0.137. The minimum absolute atomic E-state index is 0.120. The van der Waals surface area contributed by atoms with Crippen LogP contribution >= 0.6 is 0 Å². The van der Waals surface area contributed by atoms with E-state index in [1.807, 2.05) is 0 Å². The predicted molar refractivity (Wildman–Crippen MR) is 51.5 cm³/mol. The lowest BCUT2D eigenvalue weighted by Gasteiger charge is -1.97. The number of hydrogen-bond acceptors (Lipinski definition) is 4. The molecule has 0 saturated heterocycles. The van der Waals surface area contributed by atoms with Crippen LogP contribution in [0.15, 0.2) is 4.52 Å². The van der Waals surface area contributed by atoms with Gasteiger partial charge >= 0.3 is 5.97 Å². The van der Waals surface area contributed by atoms with Crippen molar-refractivity contribution in [3.05, 3.63) is 11.7 Å². The van der Waals surface area contributed by atoms with Crippen molar-refractivity contribution in [2.24, 2.45) is 0 Å². The largest absolute Gasteiger partial charge is 0.481 e. The molecule has 0 amide bonds. The Hall–Kier alpha value is -1.39. The molecule has 0 unspecified atom stereocenters. The van der Waals surface area contributed by atoms with Crippen molar-refractivity contribution >= 4 is 5.97 Å². The van der Waals surface area contributed by atoms with E-state index in [4.69, 9.17) is 9.63 Å². The molecule has 0 spiro atoms.